The predicted molar refractivity (Wildman–Crippen MR) is 104 cm³/mol. The zero-order valence-electron chi connectivity index (χ0n) is 16.3. The lowest BCUT2D eigenvalue weighted by atomic mass is 10.1. The van der Waals surface area contributed by atoms with Crippen molar-refractivity contribution in [1.82, 2.24) is 0 Å². The second-order valence-electron chi connectivity index (χ2n) is 7.17. The molecule has 1 aromatic rings. The van der Waals surface area contributed by atoms with Gasteiger partial charge in [-0.15, -0.1) is 0 Å². The monoisotopic (exact) mass is 430 g/mol. The van der Waals surface area contributed by atoms with Gasteiger partial charge in [-0.05, 0) is 19.3 Å². The van der Waals surface area contributed by atoms with Gasteiger partial charge < -0.3 is 30.1 Å². The van der Waals surface area contributed by atoms with Crippen LogP contribution in [-0.4, -0.2) is 73.1 Å². The molecule has 0 aliphatic carbocycles. The van der Waals surface area contributed by atoms with Gasteiger partial charge in [0.2, 0.25) is 0 Å². The van der Waals surface area contributed by atoms with Crippen molar-refractivity contribution in [2.75, 3.05) is 61.1 Å². The quantitative estimate of drug-likeness (QED) is 0.436. The number of morpholine rings is 1. The Balaban J connectivity index is 2.23. The fourth-order valence-corrected chi connectivity index (χ4v) is 3.79. The first kappa shape index (κ1) is 22.0. The molecule has 2 heterocycles. The van der Waals surface area contributed by atoms with Gasteiger partial charge in [0, 0.05) is 26.2 Å². The van der Waals surface area contributed by atoms with E-state index in [9.17, 15) is 25.1 Å². The molecule has 12 heteroatoms. The number of anilines is 3. The third-order valence-electron chi connectivity index (χ3n) is 5.29. The summed E-state index contributed by atoms with van der Waals surface area (Å²) in [7, 11) is 0. The van der Waals surface area contributed by atoms with Gasteiger partial charge in [0.15, 0.2) is 23.0 Å². The minimum Gasteiger partial charge on any atom is -0.480 e. The molecule has 2 aliphatic heterocycles. The summed E-state index contributed by atoms with van der Waals surface area (Å²) in [5.74, 6) is -3.84. The van der Waals surface area contributed by atoms with Crippen LogP contribution in [0.2, 0.25) is 0 Å². The second kappa shape index (κ2) is 9.39. The summed E-state index contributed by atoms with van der Waals surface area (Å²) >= 11 is 0. The third kappa shape index (κ3) is 4.24. The first-order chi connectivity index (χ1) is 14.4. The first-order valence-electron chi connectivity index (χ1n) is 9.74. The average Bonchev–Trinajstić information content (AvgIpc) is 2.73. The molecular formula is C18H24F2N4O6. The molecule has 3 rings (SSSR count). The van der Waals surface area contributed by atoms with Crippen molar-refractivity contribution in [2.24, 2.45) is 0 Å². The minimum atomic E-state index is -1.70. The summed E-state index contributed by atoms with van der Waals surface area (Å²) in [5, 5.41) is 32.6. The fraction of sp³-hybridized carbons (Fsp3) is 0.611. The normalized spacial score (nSPS) is 18.2. The number of rotatable bonds is 7. The van der Waals surface area contributed by atoms with Gasteiger partial charge in [-0.25, -0.2) is 13.6 Å². The van der Waals surface area contributed by atoms with E-state index in [0.29, 0.717) is 25.9 Å². The molecule has 0 spiro atoms. The Kier molecular flexibility index (Phi) is 6.87. The number of carbonyl (C=O) groups is 1. The molecule has 0 unspecified atom stereocenters. The van der Waals surface area contributed by atoms with Crippen molar-refractivity contribution in [3.63, 3.8) is 0 Å². The number of nitrogens with one attached hydrogen (secondary N) is 1. The topological polar surface area (TPSA) is 128 Å². The number of aliphatic hydroxyl groups excluding tert-OH is 1. The zero-order valence-corrected chi connectivity index (χ0v) is 16.3. The van der Waals surface area contributed by atoms with Crippen LogP contribution < -0.4 is 15.1 Å². The second-order valence-corrected chi connectivity index (χ2v) is 7.17. The number of hydrogen-bond donors (Lipinski definition) is 3. The van der Waals surface area contributed by atoms with Crippen LogP contribution in [0.3, 0.4) is 0 Å². The lowest BCUT2D eigenvalue weighted by Gasteiger charge is -2.34. The molecule has 0 bridgehead atoms. The number of nitrogens with zero attached hydrogens (tertiary/aromatic N) is 3. The Labute approximate surface area is 171 Å². The highest BCUT2D eigenvalue weighted by atomic mass is 19.1. The lowest BCUT2D eigenvalue weighted by molar-refractivity contribution is -0.383. The Hall–Kier alpha value is -2.73. The molecule has 0 radical (unpaired) electrons. The molecule has 166 valence electrons. The third-order valence-corrected chi connectivity index (χ3v) is 5.29. The highest BCUT2D eigenvalue weighted by Gasteiger charge is 2.38. The fourth-order valence-electron chi connectivity index (χ4n) is 3.79. The van der Waals surface area contributed by atoms with Gasteiger partial charge in [0.1, 0.15) is 11.7 Å². The number of nitro groups is 1. The van der Waals surface area contributed by atoms with Crippen LogP contribution in [0.15, 0.2) is 0 Å². The van der Waals surface area contributed by atoms with Crippen molar-refractivity contribution in [2.45, 2.75) is 25.3 Å². The van der Waals surface area contributed by atoms with Crippen LogP contribution in [0.1, 0.15) is 19.3 Å². The van der Waals surface area contributed by atoms with Gasteiger partial charge >= 0.3 is 11.7 Å². The maximum absolute atomic E-state index is 15.6. The molecule has 30 heavy (non-hydrogen) atoms. The summed E-state index contributed by atoms with van der Waals surface area (Å²) < 4.78 is 36.3. The smallest absolute Gasteiger partial charge is 0.328 e. The number of ether oxygens (including phenoxy) is 1. The number of carboxylic acids is 1. The van der Waals surface area contributed by atoms with E-state index in [1.807, 2.05) is 0 Å². The Morgan fingerprint density at radius 3 is 2.23 bits per heavy atom. The van der Waals surface area contributed by atoms with Gasteiger partial charge in [0.25, 0.3) is 0 Å². The molecule has 0 amide bonds. The SMILES string of the molecule is O=C(O)[C@H](CO)Nc1c(F)c(N2CCOCC2)c(F)c(N2CCCCC2)c1[N+](=O)[O-]. The zero-order chi connectivity index (χ0) is 21.8. The number of carboxylic acid groups (broad SMARTS) is 1. The molecule has 3 N–H and O–H groups in total. The van der Waals surface area contributed by atoms with E-state index in [1.54, 1.807) is 0 Å². The molecule has 2 saturated heterocycles. The van der Waals surface area contributed by atoms with E-state index < -0.39 is 52.2 Å². The van der Waals surface area contributed by atoms with E-state index >= 15 is 8.78 Å². The van der Waals surface area contributed by atoms with Crippen LogP contribution in [-0.2, 0) is 9.53 Å². The Bertz CT molecular complexity index is 813. The van der Waals surface area contributed by atoms with Gasteiger partial charge in [-0.3, -0.25) is 10.1 Å². The number of hydrogen-bond acceptors (Lipinski definition) is 8. The van der Waals surface area contributed by atoms with Crippen molar-refractivity contribution in [3.05, 3.63) is 21.7 Å². The van der Waals surface area contributed by atoms with Crippen LogP contribution in [0, 0.1) is 21.7 Å². The average molecular weight is 430 g/mol. The van der Waals surface area contributed by atoms with Crippen LogP contribution >= 0.6 is 0 Å². The number of piperidine rings is 1. The maximum Gasteiger partial charge on any atom is 0.328 e. The van der Waals surface area contributed by atoms with Crippen molar-refractivity contribution in [3.8, 4) is 0 Å². The molecular weight excluding hydrogens is 406 g/mol. The number of halogens is 2. The Morgan fingerprint density at radius 2 is 1.70 bits per heavy atom. The van der Waals surface area contributed by atoms with Crippen LogP contribution in [0.25, 0.3) is 0 Å². The van der Waals surface area contributed by atoms with E-state index in [1.165, 1.54) is 9.80 Å². The molecule has 10 nitrogen and oxygen atoms in total. The summed E-state index contributed by atoms with van der Waals surface area (Å²) in [6.45, 7) is 0.578. The molecule has 2 aliphatic rings. The lowest BCUT2D eigenvalue weighted by Crippen LogP contribution is -2.39. The highest BCUT2D eigenvalue weighted by molar-refractivity contribution is 5.87. The van der Waals surface area contributed by atoms with E-state index in [-0.39, 0.29) is 32.0 Å². The van der Waals surface area contributed by atoms with Gasteiger partial charge in [0.05, 0.1) is 24.7 Å². The summed E-state index contributed by atoms with van der Waals surface area (Å²) in [4.78, 5) is 25.2. The van der Waals surface area contributed by atoms with Crippen molar-refractivity contribution in [1.29, 1.82) is 0 Å². The number of nitro benzene ring substituents is 1. The number of aliphatic hydroxyl groups is 1. The maximum atomic E-state index is 15.6. The summed E-state index contributed by atoms with van der Waals surface area (Å²) in [6.07, 6.45) is 2.27. The summed E-state index contributed by atoms with van der Waals surface area (Å²) in [6, 6.07) is -1.70. The van der Waals surface area contributed by atoms with Gasteiger partial charge in [-0.1, -0.05) is 0 Å². The largest absolute Gasteiger partial charge is 0.480 e. The molecule has 0 saturated carbocycles. The van der Waals surface area contributed by atoms with Crippen molar-refractivity contribution < 1.29 is 33.4 Å². The van der Waals surface area contributed by atoms with E-state index in [2.05, 4.69) is 5.32 Å². The highest BCUT2D eigenvalue weighted by Crippen LogP contribution is 2.46. The van der Waals surface area contributed by atoms with Gasteiger partial charge in [-0.2, -0.15) is 0 Å². The van der Waals surface area contributed by atoms with E-state index in [0.717, 1.165) is 6.42 Å². The minimum absolute atomic E-state index is 0.174. The van der Waals surface area contributed by atoms with E-state index in [4.69, 9.17) is 4.74 Å². The number of benzene rings is 1. The molecule has 1 atom stereocenters. The first-order valence-corrected chi connectivity index (χ1v) is 9.74. The Morgan fingerprint density at radius 1 is 1.10 bits per heavy atom. The van der Waals surface area contributed by atoms with Crippen LogP contribution in [0.5, 0.6) is 0 Å². The predicted octanol–water partition coefficient (Wildman–Crippen LogP) is 1.56. The molecule has 0 aromatic heterocycles. The summed E-state index contributed by atoms with van der Waals surface area (Å²) in [5.41, 5.74) is -2.45. The number of aliphatic carboxylic acids is 1. The molecule has 1 aromatic carbocycles. The van der Waals surface area contributed by atoms with Crippen LogP contribution in [0.4, 0.5) is 31.5 Å². The van der Waals surface area contributed by atoms with Crippen molar-refractivity contribution >= 4 is 28.7 Å². The molecule has 2 fully saturated rings. The standard InChI is InChI=1S/C18H24F2N4O6/c19-12-14(21-11(10-25)18(26)27)17(24(28)29)16(22-4-2-1-3-5-22)13(20)15(12)23-6-8-30-9-7-23/h11,21,25H,1-10H2,(H,26,27)/t11-/m0/s1.